The molecule has 0 bridgehead atoms. The molecule has 2 nitrogen and oxygen atoms in total. The molecule has 0 radical (unpaired) electrons. The molecule has 0 aliphatic heterocycles. The minimum Gasteiger partial charge on any atom is -0.224 e. The number of rotatable bonds is 1. The van der Waals surface area contributed by atoms with Crippen molar-refractivity contribution in [2.24, 2.45) is 0 Å². The molecule has 0 saturated heterocycles. The highest BCUT2D eigenvalue weighted by Gasteiger charge is 2.19. The number of sulfone groups is 1. The Kier molecular flexibility index (Phi) is 3.34. The van der Waals surface area contributed by atoms with E-state index < -0.39 is 15.7 Å². The Balaban J connectivity index is 3.62. The zero-order chi connectivity index (χ0) is 10.2. The fraction of sp³-hybridized carbons (Fsp3) is 0.143. The predicted molar refractivity (Wildman–Crippen MR) is 59.9 cm³/mol. The molecule has 0 heterocycles. The number of hydrogen-bond acceptors (Lipinski definition) is 2. The Morgan fingerprint density at radius 2 is 2.00 bits per heavy atom. The standard InChI is InChI=1S/C7H5BrFIO2S/c1-13(11,12)7-5(10)3-2-4(8)6(7)9/h2-3H,1H3. The zero-order valence-corrected chi connectivity index (χ0v) is 11.1. The minimum absolute atomic E-state index is 0.161. The molecular formula is C7H5BrFIO2S. The summed E-state index contributed by atoms with van der Waals surface area (Å²) in [4.78, 5) is -0.248. The first kappa shape index (κ1) is 11.4. The van der Waals surface area contributed by atoms with Crippen LogP contribution in [-0.4, -0.2) is 14.7 Å². The third-order valence-corrected chi connectivity index (χ3v) is 4.39. The van der Waals surface area contributed by atoms with Gasteiger partial charge in [-0.2, -0.15) is 0 Å². The van der Waals surface area contributed by atoms with E-state index >= 15 is 0 Å². The maximum absolute atomic E-state index is 13.3. The van der Waals surface area contributed by atoms with E-state index in [1.807, 2.05) is 0 Å². The van der Waals surface area contributed by atoms with Crippen LogP contribution >= 0.6 is 38.5 Å². The fourth-order valence-electron chi connectivity index (χ4n) is 0.848. The van der Waals surface area contributed by atoms with Gasteiger partial charge in [0.25, 0.3) is 0 Å². The van der Waals surface area contributed by atoms with Crippen LogP contribution in [-0.2, 0) is 9.84 Å². The Morgan fingerprint density at radius 3 is 2.38 bits per heavy atom. The van der Waals surface area contributed by atoms with E-state index in [2.05, 4.69) is 15.9 Å². The first-order valence-electron chi connectivity index (χ1n) is 3.17. The van der Waals surface area contributed by atoms with Crippen molar-refractivity contribution in [3.63, 3.8) is 0 Å². The van der Waals surface area contributed by atoms with Crippen LogP contribution < -0.4 is 0 Å². The molecule has 0 aliphatic rings. The number of halogens is 3. The third kappa shape index (κ3) is 2.41. The summed E-state index contributed by atoms with van der Waals surface area (Å²) in [5, 5.41) is 0. The van der Waals surface area contributed by atoms with Gasteiger partial charge in [-0.25, -0.2) is 12.8 Å². The molecule has 0 aromatic heterocycles. The predicted octanol–water partition coefficient (Wildman–Crippen LogP) is 2.60. The van der Waals surface area contributed by atoms with Gasteiger partial charge in [0.2, 0.25) is 0 Å². The van der Waals surface area contributed by atoms with Gasteiger partial charge in [0.1, 0.15) is 4.90 Å². The molecule has 1 aromatic carbocycles. The zero-order valence-electron chi connectivity index (χ0n) is 6.51. The molecule has 6 heteroatoms. The summed E-state index contributed by atoms with van der Waals surface area (Å²) in [6, 6.07) is 3.02. The molecule has 1 aromatic rings. The van der Waals surface area contributed by atoms with Crippen molar-refractivity contribution in [2.75, 3.05) is 6.26 Å². The van der Waals surface area contributed by atoms with Crippen LogP contribution in [0.4, 0.5) is 4.39 Å². The summed E-state index contributed by atoms with van der Waals surface area (Å²) in [7, 11) is -3.50. The maximum Gasteiger partial charge on any atom is 0.179 e. The Hall–Kier alpha value is 0.310. The maximum atomic E-state index is 13.3. The van der Waals surface area contributed by atoms with Crippen LogP contribution in [0.1, 0.15) is 0 Å². The molecule has 0 unspecified atom stereocenters. The van der Waals surface area contributed by atoms with Crippen molar-refractivity contribution in [3.8, 4) is 0 Å². The second-order valence-corrected chi connectivity index (χ2v) is 6.41. The highest BCUT2D eigenvalue weighted by Crippen LogP contribution is 2.27. The molecule has 1 rings (SSSR count). The molecule has 0 atom stereocenters. The topological polar surface area (TPSA) is 34.1 Å². The van der Waals surface area contributed by atoms with Crippen molar-refractivity contribution in [3.05, 3.63) is 26.0 Å². The normalized spacial score (nSPS) is 11.7. The van der Waals surface area contributed by atoms with E-state index in [1.165, 1.54) is 6.07 Å². The van der Waals surface area contributed by atoms with Crippen molar-refractivity contribution in [1.29, 1.82) is 0 Å². The minimum atomic E-state index is -3.50. The summed E-state index contributed by atoms with van der Waals surface area (Å²) in [6.07, 6.45) is 0.986. The van der Waals surface area contributed by atoms with Crippen LogP contribution in [0.3, 0.4) is 0 Å². The molecule has 0 saturated carbocycles. The Bertz CT molecular complexity index is 444. The lowest BCUT2D eigenvalue weighted by Crippen LogP contribution is -2.04. The molecule has 13 heavy (non-hydrogen) atoms. The third-order valence-electron chi connectivity index (χ3n) is 1.37. The summed E-state index contributed by atoms with van der Waals surface area (Å²) in [5.41, 5.74) is 0. The van der Waals surface area contributed by atoms with Crippen LogP contribution in [0.15, 0.2) is 21.5 Å². The Morgan fingerprint density at radius 1 is 1.46 bits per heavy atom. The lowest BCUT2D eigenvalue weighted by Gasteiger charge is -2.04. The van der Waals surface area contributed by atoms with E-state index in [-0.39, 0.29) is 9.37 Å². The summed E-state index contributed by atoms with van der Waals surface area (Å²) in [5.74, 6) is -0.727. The highest BCUT2D eigenvalue weighted by atomic mass is 127. The molecule has 0 aliphatic carbocycles. The second kappa shape index (κ2) is 3.82. The largest absolute Gasteiger partial charge is 0.224 e. The number of benzene rings is 1. The SMILES string of the molecule is CS(=O)(=O)c1c(I)ccc(Br)c1F. The Labute approximate surface area is 97.7 Å². The van der Waals surface area contributed by atoms with Gasteiger partial charge >= 0.3 is 0 Å². The highest BCUT2D eigenvalue weighted by molar-refractivity contribution is 14.1. The van der Waals surface area contributed by atoms with Gasteiger partial charge in [-0.3, -0.25) is 0 Å². The molecule has 72 valence electrons. The average molecular weight is 379 g/mol. The van der Waals surface area contributed by atoms with Crippen LogP contribution in [0.25, 0.3) is 0 Å². The van der Waals surface area contributed by atoms with Gasteiger partial charge in [0, 0.05) is 9.83 Å². The van der Waals surface area contributed by atoms with Crippen LogP contribution in [0.5, 0.6) is 0 Å². The van der Waals surface area contributed by atoms with Gasteiger partial charge in [0.05, 0.1) is 4.47 Å². The van der Waals surface area contributed by atoms with Gasteiger partial charge < -0.3 is 0 Å². The first-order chi connectivity index (χ1) is 5.84. The monoisotopic (exact) mass is 378 g/mol. The average Bonchev–Trinajstić information content (AvgIpc) is 1.95. The van der Waals surface area contributed by atoms with Gasteiger partial charge in [-0.15, -0.1) is 0 Å². The van der Waals surface area contributed by atoms with E-state index in [9.17, 15) is 12.8 Å². The van der Waals surface area contributed by atoms with E-state index in [1.54, 1.807) is 28.7 Å². The lowest BCUT2D eigenvalue weighted by atomic mass is 10.3. The summed E-state index contributed by atoms with van der Waals surface area (Å²) >= 11 is 4.72. The molecular weight excluding hydrogens is 374 g/mol. The lowest BCUT2D eigenvalue weighted by molar-refractivity contribution is 0.564. The van der Waals surface area contributed by atoms with E-state index in [4.69, 9.17) is 0 Å². The number of hydrogen-bond donors (Lipinski definition) is 0. The van der Waals surface area contributed by atoms with Crippen molar-refractivity contribution in [1.82, 2.24) is 0 Å². The quantitative estimate of drug-likeness (QED) is 0.556. The smallest absolute Gasteiger partial charge is 0.179 e. The first-order valence-corrected chi connectivity index (χ1v) is 6.94. The molecule has 0 spiro atoms. The van der Waals surface area contributed by atoms with E-state index in [0.717, 1.165) is 6.26 Å². The van der Waals surface area contributed by atoms with Crippen molar-refractivity contribution in [2.45, 2.75) is 4.90 Å². The van der Waals surface area contributed by atoms with Gasteiger partial charge in [0.15, 0.2) is 15.7 Å². The van der Waals surface area contributed by atoms with Crippen molar-refractivity contribution >= 4 is 48.4 Å². The summed E-state index contributed by atoms with van der Waals surface area (Å²) < 4.78 is 36.2. The molecule has 0 fully saturated rings. The summed E-state index contributed by atoms with van der Waals surface area (Å²) in [6.45, 7) is 0. The van der Waals surface area contributed by atoms with Gasteiger partial charge in [-0.05, 0) is 50.7 Å². The molecule has 0 amide bonds. The molecule has 0 N–H and O–H groups in total. The van der Waals surface area contributed by atoms with E-state index in [0.29, 0.717) is 3.57 Å². The second-order valence-electron chi connectivity index (χ2n) is 2.44. The van der Waals surface area contributed by atoms with Gasteiger partial charge in [-0.1, -0.05) is 0 Å². The van der Waals surface area contributed by atoms with Crippen molar-refractivity contribution < 1.29 is 12.8 Å². The fourth-order valence-corrected chi connectivity index (χ4v) is 3.78. The van der Waals surface area contributed by atoms with Crippen LogP contribution in [0, 0.1) is 9.39 Å². The van der Waals surface area contributed by atoms with Crippen LogP contribution in [0.2, 0.25) is 0 Å².